The van der Waals surface area contributed by atoms with Crippen LogP contribution < -0.4 is 10.7 Å². The van der Waals surface area contributed by atoms with Crippen molar-refractivity contribution in [1.82, 2.24) is 10.3 Å². The Morgan fingerprint density at radius 2 is 1.89 bits per heavy atom. The number of carbonyl (C=O) groups excluding carboxylic acids is 1. The molecule has 140 valence electrons. The number of alkyl carbamates (subject to hydrolysis) is 1. The van der Waals surface area contributed by atoms with Gasteiger partial charge in [0.2, 0.25) is 0 Å². The predicted molar refractivity (Wildman–Crippen MR) is 100 cm³/mol. The van der Waals surface area contributed by atoms with E-state index in [9.17, 15) is 19.8 Å². The highest BCUT2D eigenvalue weighted by Gasteiger charge is 2.20. The van der Waals surface area contributed by atoms with Crippen molar-refractivity contribution in [2.75, 3.05) is 6.54 Å². The van der Waals surface area contributed by atoms with Gasteiger partial charge >= 0.3 is 6.09 Å². The topological polar surface area (TPSA) is 112 Å². The number of hydrogen-bond acceptors (Lipinski definition) is 5. The molecule has 0 saturated heterocycles. The molecule has 2 unspecified atom stereocenters. The lowest BCUT2D eigenvalue weighted by atomic mass is 10.0. The maximum Gasteiger partial charge on any atom is 0.407 e. The number of nitrogens with one attached hydrogen (secondary N) is 2. The summed E-state index contributed by atoms with van der Waals surface area (Å²) in [7, 11) is 0. The van der Waals surface area contributed by atoms with E-state index in [2.05, 4.69) is 10.3 Å². The first-order valence-corrected chi connectivity index (χ1v) is 8.46. The first-order valence-electron chi connectivity index (χ1n) is 8.46. The fourth-order valence-corrected chi connectivity index (χ4v) is 2.67. The molecule has 3 aromatic rings. The van der Waals surface area contributed by atoms with Crippen LogP contribution in [0.5, 0.6) is 0 Å². The van der Waals surface area contributed by atoms with Crippen LogP contribution >= 0.6 is 0 Å². The van der Waals surface area contributed by atoms with Crippen LogP contribution in [0.2, 0.25) is 0 Å². The van der Waals surface area contributed by atoms with E-state index in [-0.39, 0.29) is 18.6 Å². The number of aliphatic hydroxyl groups excluding tert-OH is 2. The maximum atomic E-state index is 11.9. The number of pyridine rings is 1. The molecule has 0 saturated carbocycles. The zero-order valence-electron chi connectivity index (χ0n) is 14.5. The zero-order valence-corrected chi connectivity index (χ0v) is 14.5. The molecule has 7 nitrogen and oxygen atoms in total. The van der Waals surface area contributed by atoms with E-state index >= 15 is 0 Å². The first kappa shape index (κ1) is 18.6. The Kier molecular flexibility index (Phi) is 5.85. The van der Waals surface area contributed by atoms with Gasteiger partial charge in [-0.05, 0) is 23.3 Å². The standard InChI is InChI=1S/C20H20N2O5/c23-17-8-9-21-16-7-6-14(10-15(16)17)19(25)18(24)11-22-20(26)27-12-13-4-2-1-3-5-13/h1-10,18-19,24-25H,11-12H2,(H,21,23)(H,22,26). The Balaban J connectivity index is 1.56. The SMILES string of the molecule is O=C(NCC(O)C(O)c1ccc2[nH]ccc(=O)c2c1)OCc1ccccc1. The smallest absolute Gasteiger partial charge is 0.407 e. The number of carbonyl (C=O) groups is 1. The van der Waals surface area contributed by atoms with Crippen LogP contribution in [0.4, 0.5) is 4.79 Å². The minimum atomic E-state index is -1.26. The predicted octanol–water partition coefficient (Wildman–Crippen LogP) is 1.85. The molecule has 1 aromatic heterocycles. The van der Waals surface area contributed by atoms with E-state index in [4.69, 9.17) is 4.74 Å². The van der Waals surface area contributed by atoms with E-state index in [1.165, 1.54) is 12.1 Å². The van der Waals surface area contributed by atoms with Crippen molar-refractivity contribution in [2.24, 2.45) is 0 Å². The molecule has 0 spiro atoms. The minimum absolute atomic E-state index is 0.110. The van der Waals surface area contributed by atoms with Crippen LogP contribution in [0.15, 0.2) is 65.6 Å². The van der Waals surface area contributed by atoms with E-state index in [0.717, 1.165) is 5.56 Å². The number of H-pyrrole nitrogens is 1. The molecule has 0 fully saturated rings. The number of aromatic nitrogens is 1. The summed E-state index contributed by atoms with van der Waals surface area (Å²) in [6.07, 6.45) is -1.67. The van der Waals surface area contributed by atoms with Gasteiger partial charge in [-0.25, -0.2) is 4.79 Å². The quantitative estimate of drug-likeness (QED) is 0.531. The molecular formula is C20H20N2O5. The van der Waals surface area contributed by atoms with E-state index in [0.29, 0.717) is 16.5 Å². The van der Waals surface area contributed by atoms with Gasteiger partial charge in [-0.1, -0.05) is 36.4 Å². The largest absolute Gasteiger partial charge is 0.445 e. The van der Waals surface area contributed by atoms with Crippen LogP contribution in [0.25, 0.3) is 10.9 Å². The van der Waals surface area contributed by atoms with Crippen LogP contribution in [0.1, 0.15) is 17.2 Å². The third-order valence-electron chi connectivity index (χ3n) is 4.16. The summed E-state index contributed by atoms with van der Waals surface area (Å²) < 4.78 is 5.05. The molecule has 7 heteroatoms. The van der Waals surface area contributed by atoms with Gasteiger partial charge in [0.1, 0.15) is 18.8 Å². The Labute approximate surface area is 155 Å². The van der Waals surface area contributed by atoms with Crippen molar-refractivity contribution in [3.63, 3.8) is 0 Å². The fraction of sp³-hybridized carbons (Fsp3) is 0.200. The van der Waals surface area contributed by atoms with Gasteiger partial charge in [0.05, 0.1) is 0 Å². The fourth-order valence-electron chi connectivity index (χ4n) is 2.67. The summed E-state index contributed by atoms with van der Waals surface area (Å²) >= 11 is 0. The van der Waals surface area contributed by atoms with E-state index in [1.54, 1.807) is 18.3 Å². The summed E-state index contributed by atoms with van der Waals surface area (Å²) in [5, 5.41) is 23.3. The average molecular weight is 368 g/mol. The second kappa shape index (κ2) is 8.48. The molecule has 4 N–H and O–H groups in total. The van der Waals surface area contributed by atoms with Crippen molar-refractivity contribution in [3.05, 3.63) is 82.1 Å². The first-order chi connectivity index (χ1) is 13.0. The number of aromatic amines is 1. The number of amides is 1. The molecule has 0 aliphatic heterocycles. The lowest BCUT2D eigenvalue weighted by molar-refractivity contribution is 0.0185. The normalized spacial score (nSPS) is 13.1. The lowest BCUT2D eigenvalue weighted by Crippen LogP contribution is -2.35. The summed E-state index contributed by atoms with van der Waals surface area (Å²) in [4.78, 5) is 26.6. The second-order valence-corrected chi connectivity index (χ2v) is 6.10. The Hall–Kier alpha value is -3.16. The highest BCUT2D eigenvalue weighted by molar-refractivity contribution is 5.78. The zero-order chi connectivity index (χ0) is 19.2. The van der Waals surface area contributed by atoms with Crippen molar-refractivity contribution >= 4 is 17.0 Å². The maximum absolute atomic E-state index is 11.9. The van der Waals surface area contributed by atoms with Gasteiger partial charge in [0.25, 0.3) is 0 Å². The van der Waals surface area contributed by atoms with Crippen molar-refractivity contribution in [1.29, 1.82) is 0 Å². The van der Waals surface area contributed by atoms with E-state index < -0.39 is 18.3 Å². The highest BCUT2D eigenvalue weighted by Crippen LogP contribution is 2.20. The molecule has 2 atom stereocenters. The summed E-state index contributed by atoms with van der Waals surface area (Å²) in [5.74, 6) is 0. The van der Waals surface area contributed by atoms with Crippen LogP contribution in [0, 0.1) is 0 Å². The van der Waals surface area contributed by atoms with Gasteiger partial charge < -0.3 is 25.3 Å². The number of fused-ring (bicyclic) bond motifs is 1. The molecule has 0 aliphatic carbocycles. The molecule has 0 radical (unpaired) electrons. The van der Waals surface area contributed by atoms with Gasteiger partial charge in [0.15, 0.2) is 5.43 Å². The second-order valence-electron chi connectivity index (χ2n) is 6.10. The molecule has 0 bridgehead atoms. The highest BCUT2D eigenvalue weighted by atomic mass is 16.5. The molecular weight excluding hydrogens is 348 g/mol. The summed E-state index contributed by atoms with van der Waals surface area (Å²) in [6, 6.07) is 15.4. The van der Waals surface area contributed by atoms with E-state index in [1.807, 2.05) is 30.3 Å². The van der Waals surface area contributed by atoms with Crippen LogP contribution in [-0.4, -0.2) is 33.9 Å². The lowest BCUT2D eigenvalue weighted by Gasteiger charge is -2.19. The molecule has 1 amide bonds. The number of rotatable bonds is 6. The van der Waals surface area contributed by atoms with Gasteiger partial charge in [-0.15, -0.1) is 0 Å². The molecule has 0 aliphatic rings. The monoisotopic (exact) mass is 368 g/mol. The number of benzene rings is 2. The third kappa shape index (κ3) is 4.72. The molecule has 3 rings (SSSR count). The van der Waals surface area contributed by atoms with Gasteiger partial charge in [-0.2, -0.15) is 0 Å². The van der Waals surface area contributed by atoms with Gasteiger partial charge in [-0.3, -0.25) is 4.79 Å². The molecule has 2 aromatic carbocycles. The van der Waals surface area contributed by atoms with Crippen molar-refractivity contribution in [2.45, 2.75) is 18.8 Å². The molecule has 1 heterocycles. The van der Waals surface area contributed by atoms with Crippen molar-refractivity contribution in [3.8, 4) is 0 Å². The number of ether oxygens (including phenoxy) is 1. The number of hydrogen-bond donors (Lipinski definition) is 4. The Bertz CT molecular complexity index is 971. The van der Waals surface area contributed by atoms with Crippen molar-refractivity contribution < 1.29 is 19.7 Å². The third-order valence-corrected chi connectivity index (χ3v) is 4.16. The van der Waals surface area contributed by atoms with Crippen LogP contribution in [0.3, 0.4) is 0 Å². The Morgan fingerprint density at radius 1 is 1.11 bits per heavy atom. The Morgan fingerprint density at radius 3 is 2.67 bits per heavy atom. The van der Waals surface area contributed by atoms with Crippen LogP contribution in [-0.2, 0) is 11.3 Å². The summed E-state index contributed by atoms with van der Waals surface area (Å²) in [5.41, 5.74) is 1.67. The number of aliphatic hydroxyl groups is 2. The minimum Gasteiger partial charge on any atom is -0.445 e. The molecule has 27 heavy (non-hydrogen) atoms. The van der Waals surface area contributed by atoms with Gasteiger partial charge in [0, 0.05) is 29.7 Å². The summed E-state index contributed by atoms with van der Waals surface area (Å²) in [6.45, 7) is -0.0866. The average Bonchev–Trinajstić information content (AvgIpc) is 2.70.